The van der Waals surface area contributed by atoms with Crippen molar-refractivity contribution in [2.45, 2.75) is 57.2 Å². The Bertz CT molecular complexity index is 760. The van der Waals surface area contributed by atoms with Gasteiger partial charge in [0.05, 0.1) is 23.8 Å². The topological polar surface area (TPSA) is 68.0 Å². The second-order valence-corrected chi connectivity index (χ2v) is 7.71. The van der Waals surface area contributed by atoms with Gasteiger partial charge < -0.3 is 14.8 Å². The zero-order valence-corrected chi connectivity index (χ0v) is 15.6. The van der Waals surface area contributed by atoms with Gasteiger partial charge in [0.1, 0.15) is 0 Å². The molecule has 0 bridgehead atoms. The predicted molar refractivity (Wildman–Crippen MR) is 98.6 cm³/mol. The molecular weight excluding hydrogens is 328 g/mol. The first kappa shape index (κ1) is 17.3. The van der Waals surface area contributed by atoms with Gasteiger partial charge in [-0.25, -0.2) is 4.98 Å². The van der Waals surface area contributed by atoms with Crippen molar-refractivity contribution in [1.82, 2.24) is 29.5 Å². The highest BCUT2D eigenvalue weighted by molar-refractivity contribution is 5.73. The summed E-state index contributed by atoms with van der Waals surface area (Å²) in [5.41, 5.74) is 2.11. The van der Waals surface area contributed by atoms with Gasteiger partial charge >= 0.3 is 0 Å². The van der Waals surface area contributed by atoms with Crippen LogP contribution in [0.1, 0.15) is 56.0 Å². The summed E-state index contributed by atoms with van der Waals surface area (Å²) in [7, 11) is 1.98. The normalized spacial score (nSPS) is 23.8. The SMILES string of the molecule is CC(=O)N1C[C@@H](NCc2ccn(C3CCCC3)n2)[C@H](c2cn(C)cn2)C1. The quantitative estimate of drug-likeness (QED) is 0.888. The molecule has 3 heterocycles. The Morgan fingerprint density at radius 2 is 2.12 bits per heavy atom. The van der Waals surface area contributed by atoms with Crippen molar-refractivity contribution in [3.8, 4) is 0 Å². The third-order valence-corrected chi connectivity index (χ3v) is 5.78. The maximum atomic E-state index is 11.9. The predicted octanol–water partition coefficient (Wildman–Crippen LogP) is 1.84. The maximum absolute atomic E-state index is 11.9. The van der Waals surface area contributed by atoms with Crippen LogP contribution in [-0.4, -0.2) is 49.3 Å². The number of rotatable bonds is 5. The van der Waals surface area contributed by atoms with E-state index in [1.807, 2.05) is 22.8 Å². The lowest BCUT2D eigenvalue weighted by Gasteiger charge is -2.17. The summed E-state index contributed by atoms with van der Waals surface area (Å²) in [6.07, 6.45) is 11.1. The van der Waals surface area contributed by atoms with Crippen molar-refractivity contribution < 1.29 is 4.79 Å². The van der Waals surface area contributed by atoms with E-state index in [1.54, 1.807) is 6.92 Å². The number of nitrogens with zero attached hydrogens (tertiary/aromatic N) is 5. The first-order chi connectivity index (χ1) is 12.6. The van der Waals surface area contributed by atoms with Crippen molar-refractivity contribution in [2.75, 3.05) is 13.1 Å². The monoisotopic (exact) mass is 356 g/mol. The number of carbonyl (C=O) groups excluding carboxylic acids is 1. The molecule has 2 fully saturated rings. The lowest BCUT2D eigenvalue weighted by Crippen LogP contribution is -2.36. The number of hydrogen-bond acceptors (Lipinski definition) is 4. The van der Waals surface area contributed by atoms with Crippen molar-refractivity contribution in [3.05, 3.63) is 36.2 Å². The molecule has 1 amide bonds. The van der Waals surface area contributed by atoms with Gasteiger partial charge in [-0.05, 0) is 18.9 Å². The summed E-state index contributed by atoms with van der Waals surface area (Å²) in [5.74, 6) is 0.345. The molecule has 2 atom stereocenters. The summed E-state index contributed by atoms with van der Waals surface area (Å²) >= 11 is 0. The second kappa shape index (κ2) is 7.23. The van der Waals surface area contributed by atoms with Crippen LogP contribution < -0.4 is 5.32 Å². The van der Waals surface area contributed by atoms with Gasteiger partial charge in [-0.2, -0.15) is 5.10 Å². The number of imidazole rings is 1. The van der Waals surface area contributed by atoms with Crippen LogP contribution in [0.15, 0.2) is 24.8 Å². The van der Waals surface area contributed by atoms with Crippen molar-refractivity contribution in [2.24, 2.45) is 7.05 Å². The minimum absolute atomic E-state index is 0.126. The minimum atomic E-state index is 0.126. The van der Waals surface area contributed by atoms with Crippen LogP contribution in [0.2, 0.25) is 0 Å². The first-order valence-electron chi connectivity index (χ1n) is 9.61. The Morgan fingerprint density at radius 3 is 2.81 bits per heavy atom. The minimum Gasteiger partial charge on any atom is -0.341 e. The van der Waals surface area contributed by atoms with E-state index in [0.29, 0.717) is 6.04 Å². The number of carbonyl (C=O) groups is 1. The van der Waals surface area contributed by atoms with E-state index in [-0.39, 0.29) is 17.9 Å². The van der Waals surface area contributed by atoms with Crippen LogP contribution >= 0.6 is 0 Å². The van der Waals surface area contributed by atoms with Crippen LogP contribution in [-0.2, 0) is 18.4 Å². The number of hydrogen-bond donors (Lipinski definition) is 1. The van der Waals surface area contributed by atoms with Crippen molar-refractivity contribution >= 4 is 5.91 Å². The molecule has 2 aliphatic rings. The molecule has 1 N–H and O–H groups in total. The van der Waals surface area contributed by atoms with Crippen LogP contribution in [0.5, 0.6) is 0 Å². The molecule has 0 aromatic carbocycles. The van der Waals surface area contributed by atoms with Gasteiger partial charge in [0.15, 0.2) is 0 Å². The lowest BCUT2D eigenvalue weighted by atomic mass is 10.0. The standard InChI is InChI=1S/C19H28N6O/c1-14(26)24-10-17(18-11-23(2)13-21-18)19(12-24)20-9-15-7-8-25(22-15)16-5-3-4-6-16/h7-8,11,13,16-17,19-20H,3-6,9-10,12H2,1-2H3/t17-,19+/m0/s1. The van der Waals surface area contributed by atoms with E-state index in [2.05, 4.69) is 33.4 Å². The van der Waals surface area contributed by atoms with Crippen molar-refractivity contribution in [3.63, 3.8) is 0 Å². The number of likely N-dealkylation sites (tertiary alicyclic amines) is 1. The Labute approximate surface area is 154 Å². The molecular formula is C19H28N6O. The van der Waals surface area contributed by atoms with Gasteiger partial charge in [0.2, 0.25) is 5.91 Å². The lowest BCUT2D eigenvalue weighted by molar-refractivity contribution is -0.127. The first-order valence-corrected chi connectivity index (χ1v) is 9.61. The summed E-state index contributed by atoms with van der Waals surface area (Å²) in [6.45, 7) is 3.81. The Morgan fingerprint density at radius 1 is 1.31 bits per heavy atom. The maximum Gasteiger partial charge on any atom is 0.219 e. The van der Waals surface area contributed by atoms with Crippen molar-refractivity contribution in [1.29, 1.82) is 0 Å². The average Bonchev–Trinajstić information content (AvgIpc) is 3.38. The molecule has 140 valence electrons. The Kier molecular flexibility index (Phi) is 4.80. The van der Waals surface area contributed by atoms with E-state index in [0.717, 1.165) is 31.0 Å². The third-order valence-electron chi connectivity index (χ3n) is 5.78. The van der Waals surface area contributed by atoms with E-state index < -0.39 is 0 Å². The highest BCUT2D eigenvalue weighted by atomic mass is 16.2. The van der Waals surface area contributed by atoms with E-state index >= 15 is 0 Å². The van der Waals surface area contributed by atoms with Crippen LogP contribution in [0, 0.1) is 0 Å². The Hall–Kier alpha value is -2.15. The molecule has 1 aliphatic heterocycles. The molecule has 0 radical (unpaired) electrons. The van der Waals surface area contributed by atoms with E-state index in [1.165, 1.54) is 25.7 Å². The molecule has 7 heteroatoms. The fourth-order valence-corrected chi connectivity index (χ4v) is 4.27. The smallest absolute Gasteiger partial charge is 0.219 e. The molecule has 4 rings (SSSR count). The second-order valence-electron chi connectivity index (χ2n) is 7.71. The van der Waals surface area contributed by atoms with Crippen LogP contribution in [0.4, 0.5) is 0 Å². The molecule has 7 nitrogen and oxygen atoms in total. The number of amides is 1. The highest BCUT2D eigenvalue weighted by Crippen LogP contribution is 2.29. The fourth-order valence-electron chi connectivity index (χ4n) is 4.27. The number of aromatic nitrogens is 4. The van der Waals surface area contributed by atoms with Crippen LogP contribution in [0.3, 0.4) is 0 Å². The molecule has 26 heavy (non-hydrogen) atoms. The van der Waals surface area contributed by atoms with Gasteiger partial charge in [-0.15, -0.1) is 0 Å². The van der Waals surface area contributed by atoms with Gasteiger partial charge in [-0.3, -0.25) is 9.48 Å². The molecule has 2 aromatic rings. The van der Waals surface area contributed by atoms with Crippen LogP contribution in [0.25, 0.3) is 0 Å². The summed E-state index contributed by atoms with van der Waals surface area (Å²) in [4.78, 5) is 18.3. The highest BCUT2D eigenvalue weighted by Gasteiger charge is 2.36. The largest absolute Gasteiger partial charge is 0.341 e. The summed E-state index contributed by atoms with van der Waals surface area (Å²) in [6, 6.07) is 2.88. The number of aryl methyl sites for hydroxylation is 1. The van der Waals surface area contributed by atoms with Gasteiger partial charge in [-0.1, -0.05) is 12.8 Å². The Balaban J connectivity index is 1.42. The zero-order valence-electron chi connectivity index (χ0n) is 15.6. The van der Waals surface area contributed by atoms with Gasteiger partial charge in [0, 0.05) is 58.0 Å². The van der Waals surface area contributed by atoms with E-state index in [9.17, 15) is 4.79 Å². The van der Waals surface area contributed by atoms with Gasteiger partial charge in [0.25, 0.3) is 0 Å². The zero-order chi connectivity index (χ0) is 18.1. The average molecular weight is 356 g/mol. The summed E-state index contributed by atoms with van der Waals surface area (Å²) < 4.78 is 4.10. The molecule has 0 unspecified atom stereocenters. The van der Waals surface area contributed by atoms with E-state index in [4.69, 9.17) is 5.10 Å². The molecule has 1 aliphatic carbocycles. The molecule has 1 saturated heterocycles. The molecule has 0 spiro atoms. The molecule has 1 saturated carbocycles. The summed E-state index contributed by atoms with van der Waals surface area (Å²) in [5, 5.41) is 8.39. The molecule has 2 aromatic heterocycles. The third kappa shape index (κ3) is 3.53. The number of nitrogens with one attached hydrogen (secondary N) is 1. The fraction of sp³-hybridized carbons (Fsp3) is 0.632.